The molecule has 5 heteroatoms. The average molecular weight is 237 g/mol. The largest absolute Gasteiger partial charge is 0.396 e. The van der Waals surface area contributed by atoms with E-state index in [0.717, 1.165) is 5.69 Å². The molecule has 4 nitrogen and oxygen atoms in total. The highest BCUT2D eigenvalue weighted by Gasteiger charge is 2.08. The van der Waals surface area contributed by atoms with Gasteiger partial charge in [-0.3, -0.25) is 4.21 Å². The second-order valence-corrected chi connectivity index (χ2v) is 5.14. The van der Waals surface area contributed by atoms with Crippen molar-refractivity contribution < 1.29 is 4.21 Å². The summed E-state index contributed by atoms with van der Waals surface area (Å²) in [5.41, 5.74) is 7.43. The Morgan fingerprint density at radius 3 is 2.88 bits per heavy atom. The molecule has 0 fully saturated rings. The first-order chi connectivity index (χ1) is 7.54. The number of para-hydroxylation sites is 1. The van der Waals surface area contributed by atoms with Crippen LogP contribution in [0.5, 0.6) is 0 Å². The molecule has 0 aromatic heterocycles. The van der Waals surface area contributed by atoms with Gasteiger partial charge in [-0.1, -0.05) is 6.07 Å². The topological polar surface area (TPSA) is 78.9 Å². The number of nitrogen functional groups attached to an aromatic ring is 1. The third kappa shape index (κ3) is 3.24. The lowest BCUT2D eigenvalue weighted by molar-refractivity contribution is 0.683. The number of nitrogens with one attached hydrogen (secondary N) is 1. The Kier molecular flexibility index (Phi) is 4.32. The second-order valence-electron chi connectivity index (χ2n) is 3.66. The van der Waals surface area contributed by atoms with Crippen LogP contribution in [0.4, 0.5) is 11.4 Å². The molecule has 2 unspecified atom stereocenters. The summed E-state index contributed by atoms with van der Waals surface area (Å²) in [6.07, 6.45) is 1.66. The molecule has 2 atom stereocenters. The zero-order valence-corrected chi connectivity index (χ0v) is 10.2. The van der Waals surface area contributed by atoms with Crippen LogP contribution in [0.1, 0.15) is 12.5 Å². The molecule has 0 aliphatic carbocycles. The number of anilines is 2. The van der Waals surface area contributed by atoms with E-state index in [-0.39, 0.29) is 6.04 Å². The first kappa shape index (κ1) is 12.5. The van der Waals surface area contributed by atoms with Gasteiger partial charge in [0.1, 0.15) is 6.07 Å². The van der Waals surface area contributed by atoms with Gasteiger partial charge in [0.05, 0.1) is 16.9 Å². The van der Waals surface area contributed by atoms with Crippen molar-refractivity contribution in [1.82, 2.24) is 0 Å². The van der Waals surface area contributed by atoms with E-state index in [4.69, 9.17) is 11.0 Å². The Balaban J connectivity index is 2.82. The highest BCUT2D eigenvalue weighted by molar-refractivity contribution is 7.84. The van der Waals surface area contributed by atoms with Crippen LogP contribution >= 0.6 is 0 Å². The quantitative estimate of drug-likeness (QED) is 0.774. The minimum atomic E-state index is -0.851. The number of hydrogen-bond donors (Lipinski definition) is 2. The first-order valence-corrected chi connectivity index (χ1v) is 6.62. The number of nitriles is 1. The van der Waals surface area contributed by atoms with E-state index in [1.54, 1.807) is 18.4 Å². The fourth-order valence-electron chi connectivity index (χ4n) is 1.45. The molecule has 0 radical (unpaired) electrons. The molecule has 1 rings (SSSR count). The zero-order valence-electron chi connectivity index (χ0n) is 9.36. The summed E-state index contributed by atoms with van der Waals surface area (Å²) < 4.78 is 11.0. The number of nitrogens with zero attached hydrogens (tertiary/aromatic N) is 1. The maximum Gasteiger partial charge on any atom is 0.101 e. The highest BCUT2D eigenvalue weighted by atomic mass is 32.2. The van der Waals surface area contributed by atoms with Crippen molar-refractivity contribution in [3.05, 3.63) is 23.8 Å². The van der Waals surface area contributed by atoms with Crippen LogP contribution in [0.25, 0.3) is 0 Å². The van der Waals surface area contributed by atoms with E-state index in [1.807, 2.05) is 19.1 Å². The van der Waals surface area contributed by atoms with Crippen LogP contribution in [-0.2, 0) is 10.8 Å². The van der Waals surface area contributed by atoms with Crippen molar-refractivity contribution in [3.8, 4) is 6.07 Å². The SMILES string of the molecule is CC(CS(C)=O)Nc1cccc(C#N)c1N. The maximum atomic E-state index is 11.0. The van der Waals surface area contributed by atoms with Gasteiger partial charge in [-0.05, 0) is 19.1 Å². The molecule has 1 aromatic carbocycles. The Hall–Kier alpha value is -1.54. The van der Waals surface area contributed by atoms with Crippen molar-refractivity contribution >= 4 is 22.2 Å². The summed E-state index contributed by atoms with van der Waals surface area (Å²) in [5.74, 6) is 0.552. The van der Waals surface area contributed by atoms with Crippen LogP contribution in [0.15, 0.2) is 18.2 Å². The van der Waals surface area contributed by atoms with E-state index in [9.17, 15) is 4.21 Å². The molecule has 0 amide bonds. The predicted octanol–water partition coefficient (Wildman–Crippen LogP) is 1.32. The highest BCUT2D eigenvalue weighted by Crippen LogP contribution is 2.22. The molecule has 3 N–H and O–H groups in total. The fraction of sp³-hybridized carbons (Fsp3) is 0.364. The van der Waals surface area contributed by atoms with Gasteiger partial charge in [-0.25, -0.2) is 0 Å². The number of nitrogens with two attached hydrogens (primary N) is 1. The summed E-state index contributed by atoms with van der Waals surface area (Å²) in [6, 6.07) is 7.33. The van der Waals surface area contributed by atoms with Crippen LogP contribution in [0, 0.1) is 11.3 Å². The third-order valence-corrected chi connectivity index (χ3v) is 3.08. The summed E-state index contributed by atoms with van der Waals surface area (Å²) in [7, 11) is -0.851. The molecule has 0 saturated heterocycles. The van der Waals surface area contributed by atoms with E-state index in [2.05, 4.69) is 5.32 Å². The minimum Gasteiger partial charge on any atom is -0.396 e. The fourth-order valence-corrected chi connectivity index (χ4v) is 2.24. The maximum absolute atomic E-state index is 11.0. The molecule has 0 heterocycles. The van der Waals surface area contributed by atoms with Gasteiger partial charge >= 0.3 is 0 Å². The molecule has 1 aromatic rings. The van der Waals surface area contributed by atoms with Crippen molar-refractivity contribution in [2.45, 2.75) is 13.0 Å². The molecular weight excluding hydrogens is 222 g/mol. The molecule has 0 aliphatic heterocycles. The van der Waals surface area contributed by atoms with Crippen molar-refractivity contribution in [3.63, 3.8) is 0 Å². The van der Waals surface area contributed by atoms with Crippen molar-refractivity contribution in [2.24, 2.45) is 0 Å². The molecule has 86 valence electrons. The zero-order chi connectivity index (χ0) is 12.1. The van der Waals surface area contributed by atoms with E-state index in [0.29, 0.717) is 17.0 Å². The Bertz CT molecular complexity index is 439. The lowest BCUT2D eigenvalue weighted by Gasteiger charge is -2.16. The molecule has 0 aliphatic rings. The van der Waals surface area contributed by atoms with Crippen LogP contribution < -0.4 is 11.1 Å². The number of hydrogen-bond acceptors (Lipinski definition) is 4. The Morgan fingerprint density at radius 2 is 2.31 bits per heavy atom. The van der Waals surface area contributed by atoms with Gasteiger partial charge in [0.15, 0.2) is 0 Å². The average Bonchev–Trinajstić information content (AvgIpc) is 2.20. The lowest BCUT2D eigenvalue weighted by Crippen LogP contribution is -2.22. The standard InChI is InChI=1S/C11H15N3OS/c1-8(7-16(2)15)14-10-5-3-4-9(6-12)11(10)13/h3-5,8,14H,7,13H2,1-2H3. The molecule has 0 bridgehead atoms. The van der Waals surface area contributed by atoms with Crippen LogP contribution in [-0.4, -0.2) is 22.3 Å². The minimum absolute atomic E-state index is 0.0575. The number of rotatable bonds is 4. The van der Waals surface area contributed by atoms with Crippen LogP contribution in [0.3, 0.4) is 0 Å². The summed E-state index contributed by atoms with van der Waals surface area (Å²) in [6.45, 7) is 1.93. The number of benzene rings is 1. The van der Waals surface area contributed by atoms with Gasteiger partial charge in [0, 0.05) is 28.9 Å². The van der Waals surface area contributed by atoms with Gasteiger partial charge in [0.2, 0.25) is 0 Å². The van der Waals surface area contributed by atoms with Gasteiger partial charge in [0.25, 0.3) is 0 Å². The van der Waals surface area contributed by atoms with Gasteiger partial charge < -0.3 is 11.1 Å². The molecule has 16 heavy (non-hydrogen) atoms. The summed E-state index contributed by atoms with van der Waals surface area (Å²) >= 11 is 0. The van der Waals surface area contributed by atoms with Crippen LogP contribution in [0.2, 0.25) is 0 Å². The van der Waals surface area contributed by atoms with E-state index < -0.39 is 10.8 Å². The monoisotopic (exact) mass is 237 g/mol. The second kappa shape index (κ2) is 5.52. The summed E-state index contributed by atoms with van der Waals surface area (Å²) in [4.78, 5) is 0. The van der Waals surface area contributed by atoms with E-state index >= 15 is 0 Å². The normalized spacial score (nSPS) is 13.8. The molecule has 0 spiro atoms. The third-order valence-electron chi connectivity index (χ3n) is 2.11. The Labute approximate surface area is 97.9 Å². The first-order valence-electron chi connectivity index (χ1n) is 4.89. The molecular formula is C11H15N3OS. The van der Waals surface area contributed by atoms with Crippen molar-refractivity contribution in [2.75, 3.05) is 23.1 Å². The lowest BCUT2D eigenvalue weighted by atomic mass is 10.1. The Morgan fingerprint density at radius 1 is 1.62 bits per heavy atom. The smallest absolute Gasteiger partial charge is 0.101 e. The molecule has 0 saturated carbocycles. The predicted molar refractivity (Wildman–Crippen MR) is 67.6 cm³/mol. The van der Waals surface area contributed by atoms with Crippen molar-refractivity contribution in [1.29, 1.82) is 5.26 Å². The van der Waals surface area contributed by atoms with Gasteiger partial charge in [-0.2, -0.15) is 5.26 Å². The summed E-state index contributed by atoms with van der Waals surface area (Å²) in [5, 5.41) is 12.0. The van der Waals surface area contributed by atoms with E-state index in [1.165, 1.54) is 0 Å². The van der Waals surface area contributed by atoms with Gasteiger partial charge in [-0.15, -0.1) is 0 Å².